The van der Waals surface area contributed by atoms with E-state index in [1.54, 1.807) is 6.08 Å². The molecule has 3 rings (SSSR count). The molecule has 0 fully saturated rings. The molecule has 0 atom stereocenters. The highest BCUT2D eigenvalue weighted by Crippen LogP contribution is 2.24. The maximum Gasteiger partial charge on any atom is 0.176 e. The number of aliphatic hydroxyl groups excluding tert-OH is 1. The molecule has 2 nitrogen and oxygen atoms in total. The Morgan fingerprint density at radius 3 is 2.27 bits per heavy atom. The second-order valence-corrected chi connectivity index (χ2v) is 7.67. The Balaban J connectivity index is 2.08. The molecule has 0 saturated heterocycles. The van der Waals surface area contributed by atoms with Gasteiger partial charge < -0.3 is 9.52 Å². The number of para-hydroxylation sites is 1. The Morgan fingerprint density at radius 1 is 1.00 bits per heavy atom. The van der Waals surface area contributed by atoms with Crippen molar-refractivity contribution in [2.75, 3.05) is 0 Å². The minimum absolute atomic E-state index is 0.130. The normalized spacial score (nSPS) is 14.8. The monoisotopic (exact) mass is 346 g/mol. The van der Waals surface area contributed by atoms with E-state index in [0.717, 1.165) is 27.3 Å². The fourth-order valence-corrected chi connectivity index (χ4v) is 3.13. The van der Waals surface area contributed by atoms with E-state index in [1.165, 1.54) is 5.56 Å². The molecule has 134 valence electrons. The van der Waals surface area contributed by atoms with Gasteiger partial charge in [0.05, 0.1) is 0 Å². The Bertz CT molecular complexity index is 1070. The molecule has 26 heavy (non-hydrogen) atoms. The van der Waals surface area contributed by atoms with Crippen LogP contribution in [0.3, 0.4) is 0 Å². The number of hydrogen-bond acceptors (Lipinski definition) is 2. The standard InChI is InChI=1S/C24H26O2/c1-6-19-20-9-7-8-10-22(20)26-23(19)21(25)15-16(2)17-11-13-18(14-12-17)24(3,4)5/h6-15,25H,1-5H3/b16-15+,19-6?,23-21-. The topological polar surface area (TPSA) is 33.4 Å². The van der Waals surface area contributed by atoms with Gasteiger partial charge in [-0.25, -0.2) is 0 Å². The minimum Gasteiger partial charge on any atom is -0.504 e. The van der Waals surface area contributed by atoms with Gasteiger partial charge >= 0.3 is 0 Å². The highest BCUT2D eigenvalue weighted by Gasteiger charge is 2.13. The number of allylic oxidation sites excluding steroid dienone is 1. The van der Waals surface area contributed by atoms with Crippen LogP contribution in [0.25, 0.3) is 28.4 Å². The number of aliphatic hydroxyl groups is 1. The molecule has 0 unspecified atom stereocenters. The van der Waals surface area contributed by atoms with E-state index >= 15 is 0 Å². The lowest BCUT2D eigenvalue weighted by Gasteiger charge is -2.19. The van der Waals surface area contributed by atoms with Gasteiger partial charge in [0, 0.05) is 10.6 Å². The van der Waals surface area contributed by atoms with Gasteiger partial charge in [-0.15, -0.1) is 0 Å². The molecule has 0 saturated carbocycles. The SMILES string of the molecule is CC=c1/c(=C(O)\C=C(/C)c2ccc(C(C)(C)C)cc2)oc2ccccc12. The summed E-state index contributed by atoms with van der Waals surface area (Å²) < 4.78 is 5.89. The fraction of sp³-hybridized carbons (Fsp3) is 0.250. The summed E-state index contributed by atoms with van der Waals surface area (Å²) in [6.07, 6.45) is 3.75. The van der Waals surface area contributed by atoms with Gasteiger partial charge in [-0.1, -0.05) is 69.3 Å². The van der Waals surface area contributed by atoms with Crippen LogP contribution >= 0.6 is 0 Å². The maximum absolute atomic E-state index is 10.7. The van der Waals surface area contributed by atoms with Gasteiger partial charge in [0.2, 0.25) is 0 Å². The first-order chi connectivity index (χ1) is 12.3. The van der Waals surface area contributed by atoms with Crippen molar-refractivity contribution < 1.29 is 9.52 Å². The number of benzene rings is 2. The van der Waals surface area contributed by atoms with Crippen LogP contribution in [0.5, 0.6) is 0 Å². The van der Waals surface area contributed by atoms with Crippen LogP contribution < -0.4 is 10.6 Å². The Hall–Kier alpha value is -2.74. The zero-order valence-electron chi connectivity index (χ0n) is 16.1. The quantitative estimate of drug-likeness (QED) is 0.683. The lowest BCUT2D eigenvalue weighted by Crippen LogP contribution is -2.22. The molecule has 0 aliphatic carbocycles. The van der Waals surface area contributed by atoms with Crippen LogP contribution in [0.4, 0.5) is 0 Å². The van der Waals surface area contributed by atoms with E-state index in [2.05, 4.69) is 45.0 Å². The first-order valence-corrected chi connectivity index (χ1v) is 8.97. The second kappa shape index (κ2) is 6.87. The van der Waals surface area contributed by atoms with E-state index < -0.39 is 0 Å². The van der Waals surface area contributed by atoms with Crippen LogP contribution in [0, 0.1) is 0 Å². The first kappa shape index (κ1) is 18.1. The summed E-state index contributed by atoms with van der Waals surface area (Å²) in [6, 6.07) is 16.3. The largest absolute Gasteiger partial charge is 0.504 e. The van der Waals surface area contributed by atoms with E-state index in [1.807, 2.05) is 44.2 Å². The smallest absolute Gasteiger partial charge is 0.176 e. The number of furan rings is 1. The van der Waals surface area contributed by atoms with Crippen LogP contribution in [0.15, 0.2) is 59.0 Å². The predicted octanol–water partition coefficient (Wildman–Crippen LogP) is 5.30. The first-order valence-electron chi connectivity index (χ1n) is 8.97. The Labute approximate surface area is 154 Å². The van der Waals surface area contributed by atoms with Gasteiger partial charge in [-0.3, -0.25) is 0 Å². The lowest BCUT2D eigenvalue weighted by molar-refractivity contribution is 0.475. The summed E-state index contributed by atoms with van der Waals surface area (Å²) in [7, 11) is 0. The highest BCUT2D eigenvalue weighted by molar-refractivity contribution is 5.80. The highest BCUT2D eigenvalue weighted by atomic mass is 16.3. The summed E-state index contributed by atoms with van der Waals surface area (Å²) in [5, 5.41) is 12.6. The molecule has 0 spiro atoms. The van der Waals surface area contributed by atoms with Gasteiger partial charge in [0.25, 0.3) is 0 Å². The molecule has 1 aromatic heterocycles. The van der Waals surface area contributed by atoms with Gasteiger partial charge in [-0.05, 0) is 48.1 Å². The van der Waals surface area contributed by atoms with Crippen LogP contribution in [-0.2, 0) is 5.41 Å². The van der Waals surface area contributed by atoms with E-state index in [-0.39, 0.29) is 11.2 Å². The molecule has 0 radical (unpaired) electrons. The molecule has 0 aliphatic heterocycles. The van der Waals surface area contributed by atoms with Crippen molar-refractivity contribution in [1.82, 2.24) is 0 Å². The van der Waals surface area contributed by atoms with Crippen molar-refractivity contribution in [3.63, 3.8) is 0 Å². The maximum atomic E-state index is 10.7. The van der Waals surface area contributed by atoms with Gasteiger partial charge in [0.15, 0.2) is 11.2 Å². The molecule has 1 N–H and O–H groups in total. The fourth-order valence-electron chi connectivity index (χ4n) is 3.13. The van der Waals surface area contributed by atoms with Crippen molar-refractivity contribution in [3.05, 3.63) is 76.4 Å². The average molecular weight is 346 g/mol. The second-order valence-electron chi connectivity index (χ2n) is 7.67. The van der Waals surface area contributed by atoms with E-state index in [9.17, 15) is 5.11 Å². The average Bonchev–Trinajstić information content (AvgIpc) is 2.99. The molecule has 3 aromatic rings. The summed E-state index contributed by atoms with van der Waals surface area (Å²) >= 11 is 0. The third-order valence-electron chi connectivity index (χ3n) is 4.71. The third-order valence-corrected chi connectivity index (χ3v) is 4.71. The van der Waals surface area contributed by atoms with Crippen molar-refractivity contribution in [2.45, 2.75) is 40.0 Å². The molecule has 2 heteroatoms. The van der Waals surface area contributed by atoms with Crippen molar-refractivity contribution in [1.29, 1.82) is 0 Å². The summed E-state index contributed by atoms with van der Waals surface area (Å²) in [6.45, 7) is 10.6. The Morgan fingerprint density at radius 2 is 1.65 bits per heavy atom. The molecule has 2 aromatic carbocycles. The van der Waals surface area contributed by atoms with Gasteiger partial charge in [0.1, 0.15) is 5.58 Å². The summed E-state index contributed by atoms with van der Waals surface area (Å²) in [5.41, 5.74) is 4.79. The lowest BCUT2D eigenvalue weighted by atomic mass is 9.86. The van der Waals surface area contributed by atoms with Crippen LogP contribution in [0.1, 0.15) is 45.7 Å². The molecule has 1 heterocycles. The molecule has 0 aliphatic rings. The number of fused-ring (bicyclic) bond motifs is 1. The van der Waals surface area contributed by atoms with Crippen molar-refractivity contribution >= 4 is 28.4 Å². The van der Waals surface area contributed by atoms with Crippen molar-refractivity contribution in [2.24, 2.45) is 0 Å². The third kappa shape index (κ3) is 3.45. The molecular formula is C24H26O2. The molecular weight excluding hydrogens is 320 g/mol. The minimum atomic E-state index is 0.130. The summed E-state index contributed by atoms with van der Waals surface area (Å²) in [4.78, 5) is 0. The van der Waals surface area contributed by atoms with Crippen molar-refractivity contribution in [3.8, 4) is 0 Å². The zero-order valence-corrected chi connectivity index (χ0v) is 16.1. The molecule has 0 bridgehead atoms. The molecule has 0 amide bonds. The van der Waals surface area contributed by atoms with Gasteiger partial charge in [-0.2, -0.15) is 0 Å². The summed E-state index contributed by atoms with van der Waals surface area (Å²) in [5.74, 6) is 0.145. The zero-order chi connectivity index (χ0) is 18.9. The Kier molecular flexibility index (Phi) is 4.78. The number of rotatable bonds is 2. The van der Waals surface area contributed by atoms with E-state index in [4.69, 9.17) is 4.42 Å². The number of hydrogen-bond donors (Lipinski definition) is 1. The van der Waals surface area contributed by atoms with E-state index in [0.29, 0.717) is 5.42 Å². The van der Waals surface area contributed by atoms with Crippen LogP contribution in [0.2, 0.25) is 0 Å². The predicted molar refractivity (Wildman–Crippen MR) is 110 cm³/mol. The van der Waals surface area contributed by atoms with Crippen LogP contribution in [-0.4, -0.2) is 5.11 Å².